The number of methoxy groups -OCH3 is 1. The van der Waals surface area contributed by atoms with Crippen molar-refractivity contribution < 1.29 is 4.74 Å². The number of anilines is 1. The molecule has 18 heavy (non-hydrogen) atoms. The zero-order chi connectivity index (χ0) is 13.0. The van der Waals surface area contributed by atoms with E-state index in [0.29, 0.717) is 0 Å². The highest BCUT2D eigenvalue weighted by atomic mass is 16.5. The second-order valence-corrected chi connectivity index (χ2v) is 4.30. The minimum Gasteiger partial charge on any atom is -0.496 e. The number of hydrogen-bond acceptors (Lipinski definition) is 3. The lowest BCUT2D eigenvalue weighted by atomic mass is 10.1. The first-order valence-electron chi connectivity index (χ1n) is 5.99. The number of rotatable bonds is 4. The van der Waals surface area contributed by atoms with E-state index in [9.17, 15) is 0 Å². The van der Waals surface area contributed by atoms with Crippen molar-refractivity contribution in [2.24, 2.45) is 0 Å². The third-order valence-electron chi connectivity index (χ3n) is 3.04. The van der Waals surface area contributed by atoms with Crippen LogP contribution >= 0.6 is 0 Å². The maximum Gasteiger partial charge on any atom is 0.126 e. The van der Waals surface area contributed by atoms with Crippen LogP contribution in [-0.2, 0) is 6.54 Å². The summed E-state index contributed by atoms with van der Waals surface area (Å²) in [4.78, 5) is 4.01. The number of pyridine rings is 1. The van der Waals surface area contributed by atoms with Gasteiger partial charge in [0.2, 0.25) is 0 Å². The first kappa shape index (κ1) is 12.4. The fraction of sp³-hybridized carbons (Fsp3) is 0.267. The highest BCUT2D eigenvalue weighted by Crippen LogP contribution is 2.29. The molecule has 1 aromatic carbocycles. The van der Waals surface area contributed by atoms with Gasteiger partial charge >= 0.3 is 0 Å². The summed E-state index contributed by atoms with van der Waals surface area (Å²) in [6.07, 6.45) is 3.61. The SMILES string of the molecule is COc1c(C)ccc(NCc2ccncc2)c1C. The Labute approximate surface area is 108 Å². The summed E-state index contributed by atoms with van der Waals surface area (Å²) in [5.74, 6) is 0.953. The van der Waals surface area contributed by atoms with Gasteiger partial charge in [-0.1, -0.05) is 6.07 Å². The lowest BCUT2D eigenvalue weighted by Gasteiger charge is -2.14. The summed E-state index contributed by atoms with van der Waals surface area (Å²) in [6.45, 7) is 4.91. The number of benzene rings is 1. The maximum absolute atomic E-state index is 5.42. The summed E-state index contributed by atoms with van der Waals surface area (Å²) in [5.41, 5.74) is 4.62. The molecule has 2 rings (SSSR count). The van der Waals surface area contributed by atoms with Crippen molar-refractivity contribution in [1.29, 1.82) is 0 Å². The van der Waals surface area contributed by atoms with E-state index in [1.165, 1.54) is 5.56 Å². The van der Waals surface area contributed by atoms with Gasteiger partial charge in [-0.2, -0.15) is 0 Å². The van der Waals surface area contributed by atoms with Crippen molar-refractivity contribution in [2.75, 3.05) is 12.4 Å². The van der Waals surface area contributed by atoms with Crippen LogP contribution in [0.3, 0.4) is 0 Å². The van der Waals surface area contributed by atoms with Crippen LogP contribution in [-0.4, -0.2) is 12.1 Å². The predicted octanol–water partition coefficient (Wildman–Crippen LogP) is 3.32. The molecule has 3 nitrogen and oxygen atoms in total. The summed E-state index contributed by atoms with van der Waals surface area (Å²) < 4.78 is 5.42. The van der Waals surface area contributed by atoms with Crippen molar-refractivity contribution in [2.45, 2.75) is 20.4 Å². The minimum absolute atomic E-state index is 0.787. The summed E-state index contributed by atoms with van der Waals surface area (Å²) in [6, 6.07) is 8.18. The van der Waals surface area contributed by atoms with Crippen LogP contribution in [0, 0.1) is 13.8 Å². The third-order valence-corrected chi connectivity index (χ3v) is 3.04. The van der Waals surface area contributed by atoms with Crippen LogP contribution in [0.4, 0.5) is 5.69 Å². The average molecular weight is 242 g/mol. The minimum atomic E-state index is 0.787. The molecule has 1 heterocycles. The van der Waals surface area contributed by atoms with Gasteiger partial charge in [-0.25, -0.2) is 0 Å². The largest absolute Gasteiger partial charge is 0.496 e. The van der Waals surface area contributed by atoms with Crippen LogP contribution in [0.5, 0.6) is 5.75 Å². The lowest BCUT2D eigenvalue weighted by molar-refractivity contribution is 0.409. The number of hydrogen-bond donors (Lipinski definition) is 1. The zero-order valence-electron chi connectivity index (χ0n) is 11.0. The molecule has 0 radical (unpaired) electrons. The lowest BCUT2D eigenvalue weighted by Crippen LogP contribution is -2.02. The number of aromatic nitrogens is 1. The van der Waals surface area contributed by atoms with Gasteiger partial charge < -0.3 is 10.1 Å². The topological polar surface area (TPSA) is 34.1 Å². The second kappa shape index (κ2) is 5.54. The Kier molecular flexibility index (Phi) is 3.82. The fourth-order valence-electron chi connectivity index (χ4n) is 2.03. The highest BCUT2D eigenvalue weighted by Gasteiger charge is 2.07. The number of nitrogens with zero attached hydrogens (tertiary/aromatic N) is 1. The summed E-state index contributed by atoms with van der Waals surface area (Å²) >= 11 is 0. The molecule has 0 aliphatic rings. The standard InChI is InChI=1S/C15H18N2O/c1-11-4-5-14(12(2)15(11)18-3)17-10-13-6-8-16-9-7-13/h4-9,17H,10H2,1-3H3. The molecule has 94 valence electrons. The van der Waals surface area contributed by atoms with Crippen LogP contribution in [0.2, 0.25) is 0 Å². The molecule has 0 bridgehead atoms. The van der Waals surface area contributed by atoms with Crippen LogP contribution < -0.4 is 10.1 Å². The van der Waals surface area contributed by atoms with E-state index in [0.717, 1.165) is 29.1 Å². The van der Waals surface area contributed by atoms with E-state index < -0.39 is 0 Å². The molecular formula is C15H18N2O. The predicted molar refractivity (Wildman–Crippen MR) is 74.0 cm³/mol. The van der Waals surface area contributed by atoms with Crippen molar-refractivity contribution >= 4 is 5.69 Å². The van der Waals surface area contributed by atoms with E-state index >= 15 is 0 Å². The molecule has 0 unspecified atom stereocenters. The van der Waals surface area contributed by atoms with Gasteiger partial charge in [-0.05, 0) is 43.2 Å². The molecule has 1 N–H and O–H groups in total. The Hall–Kier alpha value is -2.03. The normalized spacial score (nSPS) is 10.2. The van der Waals surface area contributed by atoms with Gasteiger partial charge in [-0.15, -0.1) is 0 Å². The Morgan fingerprint density at radius 2 is 1.83 bits per heavy atom. The summed E-state index contributed by atoms with van der Waals surface area (Å²) in [7, 11) is 1.71. The molecule has 0 saturated heterocycles. The quantitative estimate of drug-likeness (QED) is 0.893. The van der Waals surface area contributed by atoms with E-state index in [2.05, 4.69) is 36.3 Å². The monoisotopic (exact) mass is 242 g/mol. The van der Waals surface area contributed by atoms with E-state index in [1.807, 2.05) is 12.1 Å². The Balaban J connectivity index is 2.15. The Morgan fingerprint density at radius 3 is 2.50 bits per heavy atom. The first-order valence-corrected chi connectivity index (χ1v) is 5.99. The van der Waals surface area contributed by atoms with Crippen molar-refractivity contribution in [3.05, 3.63) is 53.3 Å². The molecule has 3 heteroatoms. The first-order chi connectivity index (χ1) is 8.72. The molecule has 1 aromatic heterocycles. The van der Waals surface area contributed by atoms with Gasteiger partial charge in [0.05, 0.1) is 7.11 Å². The molecule has 0 amide bonds. The second-order valence-electron chi connectivity index (χ2n) is 4.30. The van der Waals surface area contributed by atoms with Crippen molar-refractivity contribution in [3.63, 3.8) is 0 Å². The van der Waals surface area contributed by atoms with Gasteiger partial charge in [0.15, 0.2) is 0 Å². The molecule has 2 aromatic rings. The highest BCUT2D eigenvalue weighted by molar-refractivity contribution is 5.59. The Bertz CT molecular complexity index is 524. The van der Waals surface area contributed by atoms with Crippen LogP contribution in [0.15, 0.2) is 36.7 Å². The number of ether oxygens (including phenoxy) is 1. The molecule has 0 aliphatic carbocycles. The smallest absolute Gasteiger partial charge is 0.126 e. The van der Waals surface area contributed by atoms with Crippen LogP contribution in [0.25, 0.3) is 0 Å². The van der Waals surface area contributed by atoms with E-state index in [4.69, 9.17) is 4.74 Å². The third kappa shape index (κ3) is 2.62. The molecule has 0 aliphatic heterocycles. The molecule has 0 atom stereocenters. The maximum atomic E-state index is 5.42. The Morgan fingerprint density at radius 1 is 1.11 bits per heavy atom. The van der Waals surface area contributed by atoms with Gasteiger partial charge in [-0.3, -0.25) is 4.98 Å². The number of aryl methyl sites for hydroxylation is 1. The average Bonchev–Trinajstić information content (AvgIpc) is 2.40. The zero-order valence-corrected chi connectivity index (χ0v) is 11.0. The van der Waals surface area contributed by atoms with E-state index in [1.54, 1.807) is 19.5 Å². The van der Waals surface area contributed by atoms with Crippen LogP contribution in [0.1, 0.15) is 16.7 Å². The number of nitrogens with one attached hydrogen (secondary N) is 1. The fourth-order valence-corrected chi connectivity index (χ4v) is 2.03. The molecule has 0 spiro atoms. The van der Waals surface area contributed by atoms with Gasteiger partial charge in [0.25, 0.3) is 0 Å². The van der Waals surface area contributed by atoms with Crippen molar-refractivity contribution in [3.8, 4) is 5.75 Å². The summed E-state index contributed by atoms with van der Waals surface area (Å²) in [5, 5.41) is 3.42. The van der Waals surface area contributed by atoms with Gasteiger partial charge in [0.1, 0.15) is 5.75 Å². The van der Waals surface area contributed by atoms with E-state index in [-0.39, 0.29) is 0 Å². The van der Waals surface area contributed by atoms with Crippen molar-refractivity contribution in [1.82, 2.24) is 4.98 Å². The van der Waals surface area contributed by atoms with Gasteiger partial charge in [0, 0.05) is 30.2 Å². The molecular weight excluding hydrogens is 224 g/mol. The molecule has 0 fully saturated rings. The molecule has 0 saturated carbocycles.